The second kappa shape index (κ2) is 9.13. The van der Waals surface area contributed by atoms with Crippen LogP contribution in [0.5, 0.6) is 5.75 Å². The fourth-order valence-electron chi connectivity index (χ4n) is 4.30. The lowest BCUT2D eigenvalue weighted by Gasteiger charge is -2.21. The van der Waals surface area contributed by atoms with Gasteiger partial charge in [-0.3, -0.25) is 0 Å². The van der Waals surface area contributed by atoms with E-state index in [4.69, 9.17) is 9.47 Å². The normalized spacial score (nSPS) is 12.2. The molecule has 9 heteroatoms. The van der Waals surface area contributed by atoms with Gasteiger partial charge < -0.3 is 14.8 Å². The first-order chi connectivity index (χ1) is 16.9. The van der Waals surface area contributed by atoms with Crippen LogP contribution in [0.2, 0.25) is 0 Å². The van der Waals surface area contributed by atoms with Crippen molar-refractivity contribution in [1.82, 2.24) is 9.55 Å². The summed E-state index contributed by atoms with van der Waals surface area (Å²) in [6.07, 6.45) is 1.11. The first-order valence-corrected chi connectivity index (χ1v) is 13.3. The predicted molar refractivity (Wildman–Crippen MR) is 143 cm³/mol. The molecule has 0 bridgehead atoms. The number of rotatable bonds is 5. The van der Waals surface area contributed by atoms with Crippen molar-refractivity contribution in [3.05, 3.63) is 48.2 Å². The van der Waals surface area contributed by atoms with Gasteiger partial charge in [0, 0.05) is 24.0 Å². The van der Waals surface area contributed by atoms with E-state index in [2.05, 4.69) is 10.3 Å². The third-order valence-electron chi connectivity index (χ3n) is 5.90. The van der Waals surface area contributed by atoms with E-state index in [0.717, 1.165) is 16.5 Å². The summed E-state index contributed by atoms with van der Waals surface area (Å²) in [7, 11) is -0.121. The third kappa shape index (κ3) is 4.39. The van der Waals surface area contributed by atoms with Gasteiger partial charge in [0.25, 0.3) is 0 Å². The molecule has 0 radical (unpaired) electrons. The van der Waals surface area contributed by atoms with Crippen molar-refractivity contribution < 1.29 is 22.7 Å². The fourth-order valence-corrected chi connectivity index (χ4v) is 5.22. The van der Waals surface area contributed by atoms with Gasteiger partial charge in [-0.05, 0) is 68.7 Å². The third-order valence-corrected chi connectivity index (χ3v) is 7.63. The molecule has 0 aliphatic rings. The van der Waals surface area contributed by atoms with Gasteiger partial charge in [-0.1, -0.05) is 19.1 Å². The van der Waals surface area contributed by atoms with Crippen LogP contribution in [0.4, 0.5) is 10.5 Å². The van der Waals surface area contributed by atoms with Crippen LogP contribution >= 0.6 is 0 Å². The van der Waals surface area contributed by atoms with Crippen molar-refractivity contribution in [1.29, 1.82) is 0 Å². The largest absolute Gasteiger partial charge is 0.492 e. The lowest BCUT2D eigenvalue weighted by molar-refractivity contribution is 0.0550. The van der Waals surface area contributed by atoms with Crippen LogP contribution in [0, 0.1) is 6.92 Å². The minimum absolute atomic E-state index is 0.00267. The SMILES string of the molecule is CCS(=O)(=O)c1cccc(-c2cc(NC)c(OC)c3c2c2cc(C)cnc2n3C(=O)OC(C)(C)C)c1. The highest BCUT2D eigenvalue weighted by Gasteiger charge is 2.29. The second-order valence-corrected chi connectivity index (χ2v) is 11.9. The average Bonchev–Trinajstić information content (AvgIpc) is 3.16. The summed E-state index contributed by atoms with van der Waals surface area (Å²) >= 11 is 0. The summed E-state index contributed by atoms with van der Waals surface area (Å²) in [6.45, 7) is 8.96. The molecule has 0 aliphatic carbocycles. The highest BCUT2D eigenvalue weighted by molar-refractivity contribution is 7.91. The number of nitrogens with one attached hydrogen (secondary N) is 1. The van der Waals surface area contributed by atoms with Crippen LogP contribution in [-0.4, -0.2) is 49.6 Å². The van der Waals surface area contributed by atoms with Gasteiger partial charge in [-0.25, -0.2) is 22.8 Å². The summed E-state index contributed by atoms with van der Waals surface area (Å²) < 4.78 is 38.3. The topological polar surface area (TPSA) is 99.5 Å². The number of pyridine rings is 1. The highest BCUT2D eigenvalue weighted by Crippen LogP contribution is 2.45. The standard InChI is InChI=1S/C27H31N3O5S/c1-8-36(32,33)18-11-9-10-17(13-18)19-14-21(28-6)24(34-7)23-22(19)20-12-16(2)15-29-25(20)30(23)26(31)35-27(3,4)5/h9-15,28H,8H2,1-7H3. The van der Waals surface area contributed by atoms with Gasteiger partial charge in [-0.15, -0.1) is 0 Å². The Balaban J connectivity index is 2.20. The van der Waals surface area contributed by atoms with Crippen LogP contribution < -0.4 is 10.1 Å². The number of ether oxygens (including phenoxy) is 2. The number of carbonyl (C=O) groups is 1. The maximum absolute atomic E-state index is 13.5. The van der Waals surface area contributed by atoms with E-state index in [9.17, 15) is 13.2 Å². The van der Waals surface area contributed by atoms with Crippen molar-refractivity contribution in [2.75, 3.05) is 25.2 Å². The van der Waals surface area contributed by atoms with Crippen LogP contribution in [0.15, 0.2) is 47.5 Å². The van der Waals surface area contributed by atoms with E-state index in [1.165, 1.54) is 4.57 Å². The zero-order chi connectivity index (χ0) is 26.4. The number of nitrogens with zero attached hydrogens (tertiary/aromatic N) is 2. The van der Waals surface area contributed by atoms with Crippen LogP contribution in [0.25, 0.3) is 33.1 Å². The summed E-state index contributed by atoms with van der Waals surface area (Å²) in [5.41, 5.74) is 3.16. The van der Waals surface area contributed by atoms with Crippen molar-refractivity contribution in [3.8, 4) is 16.9 Å². The zero-order valence-corrected chi connectivity index (χ0v) is 22.4. The van der Waals surface area contributed by atoms with Gasteiger partial charge in [0.2, 0.25) is 0 Å². The summed E-state index contributed by atoms with van der Waals surface area (Å²) in [4.78, 5) is 18.4. The number of hydrogen-bond acceptors (Lipinski definition) is 7. The molecule has 2 aromatic heterocycles. The fraction of sp³-hybridized carbons (Fsp3) is 0.333. The molecule has 0 atom stereocenters. The highest BCUT2D eigenvalue weighted by atomic mass is 32.2. The summed E-state index contributed by atoms with van der Waals surface area (Å²) in [5.74, 6) is 0.451. The van der Waals surface area contributed by atoms with Crippen molar-refractivity contribution in [3.63, 3.8) is 0 Å². The first-order valence-electron chi connectivity index (χ1n) is 11.7. The molecular weight excluding hydrogens is 478 g/mol. The number of anilines is 1. The molecule has 36 heavy (non-hydrogen) atoms. The van der Waals surface area contributed by atoms with Crippen molar-refractivity contribution in [2.45, 2.75) is 45.1 Å². The molecule has 4 aromatic rings. The van der Waals surface area contributed by atoms with Gasteiger partial charge in [0.1, 0.15) is 11.1 Å². The van der Waals surface area contributed by atoms with Gasteiger partial charge in [0.15, 0.2) is 21.2 Å². The molecule has 0 amide bonds. The molecule has 8 nitrogen and oxygen atoms in total. The number of hydrogen-bond donors (Lipinski definition) is 1. The maximum Gasteiger partial charge on any atom is 0.420 e. The minimum atomic E-state index is -3.42. The van der Waals surface area contributed by atoms with E-state index in [-0.39, 0.29) is 10.6 Å². The number of carbonyl (C=O) groups excluding carboxylic acids is 1. The van der Waals surface area contributed by atoms with E-state index >= 15 is 0 Å². The molecule has 0 fully saturated rings. The monoisotopic (exact) mass is 509 g/mol. The van der Waals surface area contributed by atoms with E-state index in [0.29, 0.717) is 33.6 Å². The smallest absolute Gasteiger partial charge is 0.420 e. The Morgan fingerprint density at radius 3 is 2.50 bits per heavy atom. The average molecular weight is 510 g/mol. The summed E-state index contributed by atoms with van der Waals surface area (Å²) in [6, 6.07) is 10.7. The quantitative estimate of drug-likeness (QED) is 0.363. The predicted octanol–water partition coefficient (Wildman–Crippen LogP) is 5.79. The number of aromatic nitrogens is 2. The molecule has 0 aliphatic heterocycles. The summed E-state index contributed by atoms with van der Waals surface area (Å²) in [5, 5.41) is 4.59. The molecule has 0 saturated heterocycles. The van der Waals surface area contributed by atoms with Crippen molar-refractivity contribution in [2.24, 2.45) is 0 Å². The number of methoxy groups -OCH3 is 1. The Morgan fingerprint density at radius 2 is 1.89 bits per heavy atom. The lowest BCUT2D eigenvalue weighted by atomic mass is 9.98. The van der Waals surface area contributed by atoms with Crippen molar-refractivity contribution >= 4 is 43.6 Å². The molecule has 190 valence electrons. The Labute approximate surface area is 211 Å². The van der Waals surface area contributed by atoms with Crippen LogP contribution in [0.1, 0.15) is 33.3 Å². The molecule has 2 aromatic carbocycles. The Morgan fingerprint density at radius 1 is 1.17 bits per heavy atom. The van der Waals surface area contributed by atoms with E-state index in [1.807, 2.05) is 25.1 Å². The van der Waals surface area contributed by atoms with E-state index in [1.54, 1.807) is 66.2 Å². The number of aryl methyl sites for hydroxylation is 1. The Bertz CT molecular complexity index is 1600. The molecule has 2 heterocycles. The number of sulfone groups is 1. The van der Waals surface area contributed by atoms with Gasteiger partial charge in [0.05, 0.1) is 23.4 Å². The molecular formula is C27H31N3O5S. The zero-order valence-electron chi connectivity index (χ0n) is 21.6. The van der Waals surface area contributed by atoms with Gasteiger partial charge >= 0.3 is 6.09 Å². The Hall–Kier alpha value is -3.59. The molecule has 0 spiro atoms. The number of benzene rings is 2. The van der Waals surface area contributed by atoms with Crippen LogP contribution in [0.3, 0.4) is 0 Å². The number of fused-ring (bicyclic) bond motifs is 3. The van der Waals surface area contributed by atoms with Crippen LogP contribution in [-0.2, 0) is 14.6 Å². The second-order valence-electron chi connectivity index (χ2n) is 9.61. The molecule has 0 unspecified atom stereocenters. The molecule has 0 saturated carbocycles. The van der Waals surface area contributed by atoms with E-state index < -0.39 is 21.5 Å². The first kappa shape index (κ1) is 25.5. The molecule has 1 N–H and O–H groups in total. The molecule has 4 rings (SSSR count). The lowest BCUT2D eigenvalue weighted by Crippen LogP contribution is -2.27. The maximum atomic E-state index is 13.5. The minimum Gasteiger partial charge on any atom is -0.492 e. The Kier molecular flexibility index (Phi) is 6.47. The van der Waals surface area contributed by atoms with Gasteiger partial charge in [-0.2, -0.15) is 0 Å².